The zero-order chi connectivity index (χ0) is 31.8. The van der Waals surface area contributed by atoms with Gasteiger partial charge in [-0.1, -0.05) is 60.3 Å². The van der Waals surface area contributed by atoms with Crippen molar-refractivity contribution in [2.75, 3.05) is 28.7 Å². The quantitative estimate of drug-likeness (QED) is 0.217. The Bertz CT molecular complexity index is 1600. The summed E-state index contributed by atoms with van der Waals surface area (Å²) in [6, 6.07) is 9.37. The van der Waals surface area contributed by atoms with Crippen LogP contribution in [-0.4, -0.2) is 54.1 Å². The summed E-state index contributed by atoms with van der Waals surface area (Å²) in [7, 11) is -0.283. The third-order valence-corrected chi connectivity index (χ3v) is 16.1. The second kappa shape index (κ2) is 12.2. The van der Waals surface area contributed by atoms with Gasteiger partial charge in [0.1, 0.15) is 13.9 Å². The molecule has 1 aliphatic carbocycles. The number of anilines is 4. The normalized spacial score (nSPS) is 16.2. The van der Waals surface area contributed by atoms with Gasteiger partial charge in [0.15, 0.2) is 5.65 Å². The molecule has 1 aromatic carbocycles. The monoisotopic (exact) mass is 611 g/mol. The Balaban J connectivity index is 1.61. The van der Waals surface area contributed by atoms with Crippen molar-refractivity contribution in [1.82, 2.24) is 20.3 Å². The van der Waals surface area contributed by atoms with E-state index in [1.54, 1.807) is 18.1 Å². The van der Waals surface area contributed by atoms with E-state index in [1.165, 1.54) is 6.92 Å². The van der Waals surface area contributed by atoms with Gasteiger partial charge in [-0.2, -0.15) is 4.98 Å². The van der Waals surface area contributed by atoms with E-state index in [1.807, 2.05) is 35.2 Å². The smallest absolute Gasteiger partial charge is 0.323 e. The van der Waals surface area contributed by atoms with Crippen LogP contribution in [0.1, 0.15) is 79.7 Å². The first-order valence-corrected chi connectivity index (χ1v) is 18.0. The highest BCUT2D eigenvalue weighted by molar-refractivity contribution is 6.90. The number of amides is 3. The van der Waals surface area contributed by atoms with Gasteiger partial charge in [-0.3, -0.25) is 9.69 Å². The van der Waals surface area contributed by atoms with Gasteiger partial charge in [0.25, 0.3) is 0 Å². The van der Waals surface area contributed by atoms with Crippen LogP contribution in [0.2, 0.25) is 16.6 Å². The van der Waals surface area contributed by atoms with Crippen LogP contribution in [0.15, 0.2) is 36.5 Å². The van der Waals surface area contributed by atoms with Gasteiger partial charge in [0, 0.05) is 43.7 Å². The number of fused-ring (bicyclic) bond motifs is 1. The number of carbonyl (C=O) groups excluding carboxylic acids is 2. The molecule has 2 N–H and O–H groups in total. The van der Waals surface area contributed by atoms with E-state index < -0.39 is 8.07 Å². The summed E-state index contributed by atoms with van der Waals surface area (Å²) in [5.41, 5.74) is 7.93. The van der Waals surface area contributed by atoms with E-state index >= 15 is 0 Å². The Morgan fingerprint density at radius 3 is 2.27 bits per heavy atom. The summed E-state index contributed by atoms with van der Waals surface area (Å²) in [6.45, 7) is 16.0. The third kappa shape index (κ3) is 5.65. The first-order valence-electron chi connectivity index (χ1n) is 15.8. The van der Waals surface area contributed by atoms with Crippen LogP contribution in [0, 0.1) is 11.5 Å². The lowest BCUT2D eigenvalue weighted by atomic mass is 9.97. The highest BCUT2D eigenvalue weighted by atomic mass is 28.3. The Morgan fingerprint density at radius 2 is 1.68 bits per heavy atom. The lowest BCUT2D eigenvalue weighted by Gasteiger charge is -2.38. The van der Waals surface area contributed by atoms with Crippen molar-refractivity contribution in [3.8, 4) is 11.5 Å². The molecule has 1 spiro atoms. The molecule has 44 heavy (non-hydrogen) atoms. The predicted molar refractivity (Wildman–Crippen MR) is 181 cm³/mol. The van der Waals surface area contributed by atoms with Crippen molar-refractivity contribution < 1.29 is 9.59 Å². The summed E-state index contributed by atoms with van der Waals surface area (Å²) < 4.78 is 0. The highest BCUT2D eigenvalue weighted by Gasteiger charge is 2.48. The van der Waals surface area contributed by atoms with E-state index in [-0.39, 0.29) is 17.5 Å². The standard InChI is InChI=1S/C34H45N7O2Si/c1-22(2)44(23(3)4,24(5)6)18-15-26-19-30(41-33(43)36-21-34(41)16-9-10-17-34)38-31-29(26)20-35-32(39-31)37-27-11-13-28(14-12-27)40(8)25(7)42/h11-14,19-20,22-24H,9-10,16-17,21H2,1-8H3,(H,36,43)(H,35,37,38,39). The van der Waals surface area contributed by atoms with E-state index in [4.69, 9.17) is 9.97 Å². The molecular weight excluding hydrogens is 567 g/mol. The molecule has 0 atom stereocenters. The van der Waals surface area contributed by atoms with Crippen molar-refractivity contribution >= 4 is 54.2 Å². The predicted octanol–water partition coefficient (Wildman–Crippen LogP) is 7.16. The van der Waals surface area contributed by atoms with E-state index in [2.05, 4.69) is 68.6 Å². The number of benzene rings is 1. The Labute approximate surface area is 262 Å². The van der Waals surface area contributed by atoms with E-state index in [0.717, 1.165) is 48.0 Å². The summed E-state index contributed by atoms with van der Waals surface area (Å²) in [4.78, 5) is 42.9. The highest BCUT2D eigenvalue weighted by Crippen LogP contribution is 2.42. The first kappa shape index (κ1) is 31.5. The summed E-state index contributed by atoms with van der Waals surface area (Å²) in [5.74, 6) is 4.55. The van der Waals surface area contributed by atoms with Crippen LogP contribution in [0.4, 0.5) is 27.9 Å². The number of carbonyl (C=O) groups is 2. The van der Waals surface area contributed by atoms with Gasteiger partial charge >= 0.3 is 6.03 Å². The zero-order valence-corrected chi connectivity index (χ0v) is 28.3. The molecule has 0 radical (unpaired) electrons. The van der Waals surface area contributed by atoms with Crippen molar-refractivity contribution in [2.24, 2.45) is 0 Å². The molecule has 232 valence electrons. The zero-order valence-electron chi connectivity index (χ0n) is 27.3. The molecule has 3 heterocycles. The molecule has 10 heteroatoms. The lowest BCUT2D eigenvalue weighted by molar-refractivity contribution is -0.116. The fraction of sp³-hybridized carbons (Fsp3) is 0.500. The fourth-order valence-electron chi connectivity index (χ4n) is 7.36. The molecule has 0 bridgehead atoms. The average Bonchev–Trinajstić information content (AvgIpc) is 3.58. The Morgan fingerprint density at radius 1 is 1.05 bits per heavy atom. The number of nitrogens with zero attached hydrogens (tertiary/aromatic N) is 5. The van der Waals surface area contributed by atoms with Crippen molar-refractivity contribution in [2.45, 2.75) is 96.3 Å². The van der Waals surface area contributed by atoms with Gasteiger partial charge in [-0.25, -0.2) is 14.8 Å². The number of hydrogen-bond acceptors (Lipinski definition) is 6. The SMILES string of the molecule is CC(=O)N(C)c1ccc(Nc2ncc3c(C#C[Si](C(C)C)(C(C)C)C(C)C)cc(N4C(=O)NCC45CCCC5)nc3n2)cc1. The van der Waals surface area contributed by atoms with Crippen molar-refractivity contribution in [3.63, 3.8) is 0 Å². The maximum absolute atomic E-state index is 13.3. The molecule has 2 fully saturated rings. The molecular formula is C34H45N7O2Si. The topological polar surface area (TPSA) is 103 Å². The van der Waals surface area contributed by atoms with Gasteiger partial charge in [-0.05, 0) is 59.8 Å². The maximum atomic E-state index is 13.3. The third-order valence-electron chi connectivity index (χ3n) is 9.82. The minimum Gasteiger partial charge on any atom is -0.335 e. The number of rotatable bonds is 7. The van der Waals surface area contributed by atoms with Crippen LogP contribution >= 0.6 is 0 Å². The summed E-state index contributed by atoms with van der Waals surface area (Å²) in [6.07, 6.45) is 5.86. The van der Waals surface area contributed by atoms with Crippen molar-refractivity contribution in [1.29, 1.82) is 0 Å². The second-order valence-corrected chi connectivity index (χ2v) is 18.9. The van der Waals surface area contributed by atoms with Gasteiger partial charge in [0.2, 0.25) is 11.9 Å². The van der Waals surface area contributed by atoms with Crippen molar-refractivity contribution in [3.05, 3.63) is 42.1 Å². The molecule has 2 aliphatic rings. The van der Waals surface area contributed by atoms with Crippen LogP contribution < -0.4 is 20.4 Å². The number of aromatic nitrogens is 3. The molecule has 3 aromatic rings. The minimum absolute atomic E-state index is 0.0366. The largest absolute Gasteiger partial charge is 0.335 e. The molecule has 5 rings (SSSR count). The number of urea groups is 1. The maximum Gasteiger partial charge on any atom is 0.323 e. The average molecular weight is 612 g/mol. The van der Waals surface area contributed by atoms with Crippen LogP contribution in [0.5, 0.6) is 0 Å². The molecule has 1 aliphatic heterocycles. The van der Waals surface area contributed by atoms with Crippen LogP contribution in [0.25, 0.3) is 11.0 Å². The Kier molecular flexibility index (Phi) is 8.72. The van der Waals surface area contributed by atoms with Crippen LogP contribution in [0.3, 0.4) is 0 Å². The molecule has 2 aromatic heterocycles. The number of pyridine rings is 1. The van der Waals surface area contributed by atoms with Gasteiger partial charge < -0.3 is 15.5 Å². The number of hydrogen-bond donors (Lipinski definition) is 2. The Hall–Kier alpha value is -3.97. The summed E-state index contributed by atoms with van der Waals surface area (Å²) >= 11 is 0. The fourth-order valence-corrected chi connectivity index (χ4v) is 12.6. The first-order chi connectivity index (χ1) is 20.9. The molecule has 1 saturated carbocycles. The van der Waals surface area contributed by atoms with E-state index in [9.17, 15) is 9.59 Å². The molecule has 1 saturated heterocycles. The number of nitrogens with one attached hydrogen (secondary N) is 2. The lowest BCUT2D eigenvalue weighted by Crippen LogP contribution is -2.45. The molecule has 0 unspecified atom stereocenters. The molecule has 3 amide bonds. The van der Waals surface area contributed by atoms with Gasteiger partial charge in [0.05, 0.1) is 10.9 Å². The minimum atomic E-state index is -2.03. The van der Waals surface area contributed by atoms with Crippen LogP contribution in [-0.2, 0) is 4.79 Å². The second-order valence-electron chi connectivity index (χ2n) is 13.3. The van der Waals surface area contributed by atoms with E-state index in [0.29, 0.717) is 40.6 Å². The summed E-state index contributed by atoms with van der Waals surface area (Å²) in [5, 5.41) is 7.12. The van der Waals surface area contributed by atoms with Gasteiger partial charge in [-0.15, -0.1) is 5.54 Å². The molecule has 9 nitrogen and oxygen atoms in total.